The van der Waals surface area contributed by atoms with Crippen LogP contribution in [-0.2, 0) is 0 Å². The van der Waals surface area contributed by atoms with E-state index in [1.54, 1.807) is 0 Å². The molecule has 2 rings (SSSR count). The fourth-order valence-electron chi connectivity index (χ4n) is 3.50. The van der Waals surface area contributed by atoms with Gasteiger partial charge in [-0.1, -0.05) is 19.8 Å². The first-order valence-electron chi connectivity index (χ1n) is 7.37. The van der Waals surface area contributed by atoms with E-state index in [4.69, 9.17) is 5.73 Å². The van der Waals surface area contributed by atoms with Gasteiger partial charge >= 0.3 is 0 Å². The van der Waals surface area contributed by atoms with Crippen molar-refractivity contribution in [2.75, 3.05) is 31.1 Å². The van der Waals surface area contributed by atoms with Crippen LogP contribution in [0.5, 0.6) is 0 Å². The molecule has 2 aliphatic rings. The second-order valence-corrected chi connectivity index (χ2v) is 6.81. The average Bonchev–Trinajstić information content (AvgIpc) is 2.89. The van der Waals surface area contributed by atoms with E-state index in [2.05, 4.69) is 23.6 Å². The summed E-state index contributed by atoms with van der Waals surface area (Å²) < 4.78 is 0. The van der Waals surface area contributed by atoms with Gasteiger partial charge in [-0.15, -0.1) is 0 Å². The lowest BCUT2D eigenvalue weighted by Crippen LogP contribution is -2.46. The standard InChI is InChI=1S/C14H28N2S/c1-2-16(10-12-7-8-17-11-12)14-6-4-3-5-13(14)9-15/h12-14H,2-11,15H2,1H3. The van der Waals surface area contributed by atoms with Crippen molar-refractivity contribution in [3.8, 4) is 0 Å². The van der Waals surface area contributed by atoms with Gasteiger partial charge in [-0.2, -0.15) is 11.8 Å². The fourth-order valence-corrected chi connectivity index (χ4v) is 4.77. The van der Waals surface area contributed by atoms with Gasteiger partial charge in [-0.05, 0) is 55.7 Å². The Kier molecular flexibility index (Phi) is 5.64. The molecule has 17 heavy (non-hydrogen) atoms. The van der Waals surface area contributed by atoms with Crippen LogP contribution in [-0.4, -0.2) is 42.1 Å². The lowest BCUT2D eigenvalue weighted by atomic mass is 9.83. The minimum atomic E-state index is 0.762. The summed E-state index contributed by atoms with van der Waals surface area (Å²) in [5.41, 5.74) is 5.96. The van der Waals surface area contributed by atoms with E-state index in [1.807, 2.05) is 0 Å². The molecule has 3 atom stereocenters. The molecule has 1 heterocycles. The van der Waals surface area contributed by atoms with E-state index in [1.165, 1.54) is 56.7 Å². The van der Waals surface area contributed by atoms with E-state index in [0.29, 0.717) is 0 Å². The van der Waals surface area contributed by atoms with Crippen LogP contribution in [0.4, 0.5) is 0 Å². The average molecular weight is 256 g/mol. The predicted octanol–water partition coefficient (Wildman–Crippen LogP) is 2.58. The summed E-state index contributed by atoms with van der Waals surface area (Å²) in [5, 5.41) is 0. The molecule has 0 amide bonds. The number of nitrogens with zero attached hydrogens (tertiary/aromatic N) is 1. The normalized spacial score (nSPS) is 34.4. The van der Waals surface area contributed by atoms with E-state index < -0.39 is 0 Å². The van der Waals surface area contributed by atoms with Crippen molar-refractivity contribution in [2.24, 2.45) is 17.6 Å². The Morgan fingerprint density at radius 1 is 1.24 bits per heavy atom. The molecule has 1 aliphatic carbocycles. The number of hydrogen-bond donors (Lipinski definition) is 1. The van der Waals surface area contributed by atoms with Crippen LogP contribution < -0.4 is 5.73 Å². The van der Waals surface area contributed by atoms with Gasteiger partial charge in [-0.3, -0.25) is 0 Å². The first-order valence-corrected chi connectivity index (χ1v) is 8.52. The maximum atomic E-state index is 5.96. The molecule has 1 saturated heterocycles. The molecule has 1 aliphatic heterocycles. The predicted molar refractivity (Wildman–Crippen MR) is 77.5 cm³/mol. The van der Waals surface area contributed by atoms with Crippen molar-refractivity contribution < 1.29 is 0 Å². The highest BCUT2D eigenvalue weighted by atomic mass is 32.2. The van der Waals surface area contributed by atoms with Gasteiger partial charge in [-0.25, -0.2) is 0 Å². The van der Waals surface area contributed by atoms with E-state index >= 15 is 0 Å². The first-order chi connectivity index (χ1) is 8.35. The fraction of sp³-hybridized carbons (Fsp3) is 1.00. The Morgan fingerprint density at radius 2 is 2.06 bits per heavy atom. The second-order valence-electron chi connectivity index (χ2n) is 5.66. The Labute approximate surface area is 111 Å². The molecule has 100 valence electrons. The molecular weight excluding hydrogens is 228 g/mol. The van der Waals surface area contributed by atoms with Crippen LogP contribution in [0.25, 0.3) is 0 Å². The molecule has 3 heteroatoms. The molecule has 0 radical (unpaired) electrons. The Balaban J connectivity index is 1.90. The van der Waals surface area contributed by atoms with Crippen molar-refractivity contribution in [1.29, 1.82) is 0 Å². The third-order valence-corrected chi connectivity index (χ3v) is 5.80. The van der Waals surface area contributed by atoms with Crippen LogP contribution in [0, 0.1) is 11.8 Å². The molecule has 1 saturated carbocycles. The Morgan fingerprint density at radius 3 is 2.71 bits per heavy atom. The molecule has 0 aromatic heterocycles. The lowest BCUT2D eigenvalue weighted by Gasteiger charge is -2.40. The van der Waals surface area contributed by atoms with Gasteiger partial charge in [0.05, 0.1) is 0 Å². The molecule has 2 N–H and O–H groups in total. The van der Waals surface area contributed by atoms with Crippen LogP contribution >= 0.6 is 11.8 Å². The number of thioether (sulfide) groups is 1. The molecule has 2 nitrogen and oxygen atoms in total. The molecule has 0 bridgehead atoms. The van der Waals surface area contributed by atoms with Gasteiger partial charge in [0, 0.05) is 12.6 Å². The summed E-state index contributed by atoms with van der Waals surface area (Å²) in [6.07, 6.45) is 6.99. The van der Waals surface area contributed by atoms with Crippen LogP contribution in [0.2, 0.25) is 0 Å². The second kappa shape index (κ2) is 7.01. The highest BCUT2D eigenvalue weighted by Gasteiger charge is 2.30. The van der Waals surface area contributed by atoms with Crippen molar-refractivity contribution >= 4 is 11.8 Å². The Hall–Kier alpha value is 0.270. The third-order valence-electron chi connectivity index (χ3n) is 4.56. The van der Waals surface area contributed by atoms with Gasteiger partial charge in [0.25, 0.3) is 0 Å². The smallest absolute Gasteiger partial charge is 0.0136 e. The third kappa shape index (κ3) is 3.62. The van der Waals surface area contributed by atoms with Gasteiger partial charge < -0.3 is 10.6 Å². The SMILES string of the molecule is CCN(CC1CCSC1)C1CCCCC1CN. The topological polar surface area (TPSA) is 29.3 Å². The van der Waals surface area contributed by atoms with Gasteiger partial charge in [0.1, 0.15) is 0 Å². The quantitative estimate of drug-likeness (QED) is 0.820. The summed E-state index contributed by atoms with van der Waals surface area (Å²) in [5.74, 6) is 4.47. The van der Waals surface area contributed by atoms with Gasteiger partial charge in [0.15, 0.2) is 0 Å². The molecule has 2 fully saturated rings. The molecule has 0 spiro atoms. The van der Waals surface area contributed by atoms with E-state index in [0.717, 1.165) is 24.4 Å². The van der Waals surface area contributed by atoms with Crippen molar-refractivity contribution in [2.45, 2.75) is 45.1 Å². The molecule has 0 aromatic carbocycles. The number of hydrogen-bond acceptors (Lipinski definition) is 3. The maximum Gasteiger partial charge on any atom is 0.0136 e. The monoisotopic (exact) mass is 256 g/mol. The van der Waals surface area contributed by atoms with Crippen LogP contribution in [0.1, 0.15) is 39.0 Å². The molecule has 3 unspecified atom stereocenters. The zero-order valence-corrected chi connectivity index (χ0v) is 12.1. The van der Waals surface area contributed by atoms with E-state index in [9.17, 15) is 0 Å². The lowest BCUT2D eigenvalue weighted by molar-refractivity contribution is 0.0989. The van der Waals surface area contributed by atoms with Crippen LogP contribution in [0.15, 0.2) is 0 Å². The minimum absolute atomic E-state index is 0.762. The summed E-state index contributed by atoms with van der Waals surface area (Å²) >= 11 is 2.14. The maximum absolute atomic E-state index is 5.96. The molecular formula is C14H28N2S. The van der Waals surface area contributed by atoms with Crippen molar-refractivity contribution in [3.05, 3.63) is 0 Å². The molecule has 0 aromatic rings. The number of nitrogens with two attached hydrogens (primary N) is 1. The van der Waals surface area contributed by atoms with Crippen molar-refractivity contribution in [1.82, 2.24) is 4.90 Å². The summed E-state index contributed by atoms with van der Waals surface area (Å²) in [7, 11) is 0. The van der Waals surface area contributed by atoms with Crippen LogP contribution in [0.3, 0.4) is 0 Å². The van der Waals surface area contributed by atoms with E-state index in [-0.39, 0.29) is 0 Å². The largest absolute Gasteiger partial charge is 0.330 e. The summed E-state index contributed by atoms with van der Waals surface area (Å²) in [4.78, 5) is 2.74. The summed E-state index contributed by atoms with van der Waals surface area (Å²) in [6.45, 7) is 5.75. The first kappa shape index (κ1) is 13.7. The highest BCUT2D eigenvalue weighted by Crippen LogP contribution is 2.30. The van der Waals surface area contributed by atoms with Crippen molar-refractivity contribution in [3.63, 3.8) is 0 Å². The number of rotatable bonds is 5. The summed E-state index contributed by atoms with van der Waals surface area (Å²) in [6, 6.07) is 0.782. The van der Waals surface area contributed by atoms with Gasteiger partial charge in [0.2, 0.25) is 0 Å². The Bertz CT molecular complexity index is 216. The zero-order valence-electron chi connectivity index (χ0n) is 11.2. The minimum Gasteiger partial charge on any atom is -0.330 e. The zero-order chi connectivity index (χ0) is 12.1. The highest BCUT2D eigenvalue weighted by molar-refractivity contribution is 7.99.